The number of quaternary nitrogens is 1. The molecular weight excluding hydrogens is 286 g/mol. The van der Waals surface area contributed by atoms with E-state index in [0.29, 0.717) is 11.5 Å². The van der Waals surface area contributed by atoms with Gasteiger partial charge >= 0.3 is 5.97 Å². The molecule has 22 heavy (non-hydrogen) atoms. The molecule has 0 amide bonds. The summed E-state index contributed by atoms with van der Waals surface area (Å²) >= 11 is 0. The van der Waals surface area contributed by atoms with E-state index in [1.807, 2.05) is 25.1 Å². The number of ether oxygens (including phenoxy) is 4. The minimum Gasteiger partial charge on any atom is -0.485 e. The van der Waals surface area contributed by atoms with E-state index in [1.54, 1.807) is 6.07 Å². The number of esters is 1. The SMILES string of the molecule is CC(C[NH+]1CCOCC1)OC(=O)C1COc2ccccc2O1. The number of rotatable bonds is 4. The average Bonchev–Trinajstić information content (AvgIpc) is 2.55. The Morgan fingerprint density at radius 3 is 2.82 bits per heavy atom. The lowest BCUT2D eigenvalue weighted by atomic mass is 10.2. The first-order valence-electron chi connectivity index (χ1n) is 7.72. The molecule has 2 aliphatic heterocycles. The van der Waals surface area contributed by atoms with Gasteiger partial charge < -0.3 is 23.8 Å². The first-order valence-corrected chi connectivity index (χ1v) is 7.72. The topological polar surface area (TPSA) is 58.4 Å². The van der Waals surface area contributed by atoms with Crippen molar-refractivity contribution >= 4 is 5.97 Å². The Balaban J connectivity index is 1.49. The molecular formula is C16H22NO5+. The lowest BCUT2D eigenvalue weighted by molar-refractivity contribution is -0.910. The van der Waals surface area contributed by atoms with Gasteiger partial charge in [-0.3, -0.25) is 0 Å². The highest BCUT2D eigenvalue weighted by Crippen LogP contribution is 2.31. The molecule has 2 heterocycles. The number of hydrogen-bond donors (Lipinski definition) is 1. The van der Waals surface area contributed by atoms with Crippen LogP contribution in [0.4, 0.5) is 0 Å². The molecule has 6 heteroatoms. The van der Waals surface area contributed by atoms with Crippen molar-refractivity contribution in [2.45, 2.75) is 19.1 Å². The Morgan fingerprint density at radius 1 is 1.32 bits per heavy atom. The number of benzene rings is 1. The van der Waals surface area contributed by atoms with Gasteiger partial charge in [0.05, 0.1) is 13.2 Å². The Labute approximate surface area is 129 Å². The van der Waals surface area contributed by atoms with E-state index in [9.17, 15) is 4.79 Å². The third-order valence-electron chi connectivity index (χ3n) is 3.86. The maximum atomic E-state index is 12.2. The lowest BCUT2D eigenvalue weighted by Crippen LogP contribution is -3.15. The summed E-state index contributed by atoms with van der Waals surface area (Å²) in [6, 6.07) is 7.33. The van der Waals surface area contributed by atoms with Crippen LogP contribution in [0, 0.1) is 0 Å². The molecule has 3 rings (SSSR count). The Hall–Kier alpha value is -1.79. The van der Waals surface area contributed by atoms with Crippen LogP contribution in [-0.2, 0) is 14.3 Å². The molecule has 6 nitrogen and oxygen atoms in total. The fourth-order valence-corrected chi connectivity index (χ4v) is 2.72. The predicted octanol–water partition coefficient (Wildman–Crippen LogP) is -0.327. The van der Waals surface area contributed by atoms with E-state index >= 15 is 0 Å². The smallest absolute Gasteiger partial charge is 0.351 e. The molecule has 0 aromatic heterocycles. The van der Waals surface area contributed by atoms with E-state index in [1.165, 1.54) is 4.90 Å². The zero-order chi connectivity index (χ0) is 15.4. The maximum absolute atomic E-state index is 12.2. The van der Waals surface area contributed by atoms with Crippen molar-refractivity contribution in [3.8, 4) is 11.5 Å². The van der Waals surface area contributed by atoms with Crippen molar-refractivity contribution in [1.82, 2.24) is 0 Å². The Bertz CT molecular complexity index is 515. The van der Waals surface area contributed by atoms with Crippen LogP contribution in [0.25, 0.3) is 0 Å². The normalized spacial score (nSPS) is 22.9. The van der Waals surface area contributed by atoms with Crippen LogP contribution in [0.2, 0.25) is 0 Å². The van der Waals surface area contributed by atoms with Crippen LogP contribution in [0.5, 0.6) is 11.5 Å². The van der Waals surface area contributed by atoms with Crippen LogP contribution < -0.4 is 14.4 Å². The second-order valence-corrected chi connectivity index (χ2v) is 5.68. The third-order valence-corrected chi connectivity index (χ3v) is 3.86. The van der Waals surface area contributed by atoms with Gasteiger partial charge in [0, 0.05) is 0 Å². The number of carbonyl (C=O) groups is 1. The molecule has 0 aliphatic carbocycles. The standard InChI is InChI=1S/C16H21NO5/c1-12(10-17-6-8-19-9-7-17)21-16(18)15-11-20-13-4-2-3-5-14(13)22-15/h2-5,12,15H,6-11H2,1H3/p+1. The molecule has 1 fully saturated rings. The molecule has 2 atom stereocenters. The molecule has 2 unspecified atom stereocenters. The second kappa shape index (κ2) is 6.98. The number of nitrogens with one attached hydrogen (secondary N) is 1. The number of carbonyl (C=O) groups excluding carboxylic acids is 1. The Morgan fingerprint density at radius 2 is 2.05 bits per heavy atom. The second-order valence-electron chi connectivity index (χ2n) is 5.68. The van der Waals surface area contributed by atoms with E-state index < -0.39 is 6.10 Å². The molecule has 120 valence electrons. The van der Waals surface area contributed by atoms with Gasteiger partial charge in [0.15, 0.2) is 11.5 Å². The highest BCUT2D eigenvalue weighted by atomic mass is 16.6. The number of fused-ring (bicyclic) bond motifs is 1. The molecule has 2 aliphatic rings. The predicted molar refractivity (Wildman–Crippen MR) is 78.3 cm³/mol. The summed E-state index contributed by atoms with van der Waals surface area (Å²) in [4.78, 5) is 13.6. The first-order chi connectivity index (χ1) is 10.7. The number of morpholine rings is 1. The van der Waals surface area contributed by atoms with Gasteiger partial charge in [0.1, 0.15) is 32.3 Å². The molecule has 1 saturated heterocycles. The number of para-hydroxylation sites is 2. The molecule has 0 spiro atoms. The summed E-state index contributed by atoms with van der Waals surface area (Å²) in [5, 5.41) is 0. The van der Waals surface area contributed by atoms with Gasteiger partial charge in [0.25, 0.3) is 0 Å². The molecule has 1 N–H and O–H groups in total. The highest BCUT2D eigenvalue weighted by molar-refractivity contribution is 5.76. The highest BCUT2D eigenvalue weighted by Gasteiger charge is 2.30. The minimum absolute atomic E-state index is 0.152. The van der Waals surface area contributed by atoms with Gasteiger partial charge in [-0.15, -0.1) is 0 Å². The van der Waals surface area contributed by atoms with Gasteiger partial charge in [-0.2, -0.15) is 0 Å². The van der Waals surface area contributed by atoms with Crippen LogP contribution in [0.15, 0.2) is 24.3 Å². The molecule has 0 bridgehead atoms. The van der Waals surface area contributed by atoms with Crippen molar-refractivity contribution in [3.63, 3.8) is 0 Å². The third kappa shape index (κ3) is 3.69. The number of hydrogen-bond acceptors (Lipinski definition) is 5. The molecule has 1 aromatic carbocycles. The molecule has 0 radical (unpaired) electrons. The summed E-state index contributed by atoms with van der Waals surface area (Å²) in [7, 11) is 0. The van der Waals surface area contributed by atoms with Crippen molar-refractivity contribution < 1.29 is 28.6 Å². The molecule has 1 aromatic rings. The van der Waals surface area contributed by atoms with E-state index in [-0.39, 0.29) is 18.7 Å². The van der Waals surface area contributed by atoms with Crippen LogP contribution in [0.3, 0.4) is 0 Å². The fourth-order valence-electron chi connectivity index (χ4n) is 2.72. The van der Waals surface area contributed by atoms with E-state index in [0.717, 1.165) is 32.8 Å². The van der Waals surface area contributed by atoms with Gasteiger partial charge in [-0.1, -0.05) is 12.1 Å². The fraction of sp³-hybridized carbons (Fsp3) is 0.562. The van der Waals surface area contributed by atoms with Crippen molar-refractivity contribution in [1.29, 1.82) is 0 Å². The van der Waals surface area contributed by atoms with E-state index in [2.05, 4.69) is 0 Å². The first kappa shape index (κ1) is 15.1. The quantitative estimate of drug-likeness (QED) is 0.772. The monoisotopic (exact) mass is 308 g/mol. The molecule has 0 saturated carbocycles. The summed E-state index contributed by atoms with van der Waals surface area (Å²) in [6.07, 6.45) is -0.849. The summed E-state index contributed by atoms with van der Waals surface area (Å²) in [5.41, 5.74) is 0. The Kier molecular flexibility index (Phi) is 4.80. The lowest BCUT2D eigenvalue weighted by Gasteiger charge is -2.28. The van der Waals surface area contributed by atoms with Crippen molar-refractivity contribution in [3.05, 3.63) is 24.3 Å². The van der Waals surface area contributed by atoms with Gasteiger partial charge in [-0.05, 0) is 19.1 Å². The summed E-state index contributed by atoms with van der Waals surface area (Å²) in [5.74, 6) is 0.883. The largest absolute Gasteiger partial charge is 0.485 e. The zero-order valence-electron chi connectivity index (χ0n) is 12.7. The maximum Gasteiger partial charge on any atom is 0.351 e. The van der Waals surface area contributed by atoms with Crippen molar-refractivity contribution in [2.75, 3.05) is 39.5 Å². The van der Waals surface area contributed by atoms with Gasteiger partial charge in [0.2, 0.25) is 6.10 Å². The van der Waals surface area contributed by atoms with Gasteiger partial charge in [-0.25, -0.2) is 4.79 Å². The van der Waals surface area contributed by atoms with E-state index in [4.69, 9.17) is 18.9 Å². The average molecular weight is 308 g/mol. The summed E-state index contributed by atoms with van der Waals surface area (Å²) < 4.78 is 22.0. The summed E-state index contributed by atoms with van der Waals surface area (Å²) in [6.45, 7) is 6.35. The van der Waals surface area contributed by atoms with Crippen LogP contribution in [-0.4, -0.2) is 57.6 Å². The van der Waals surface area contributed by atoms with Crippen LogP contribution >= 0.6 is 0 Å². The minimum atomic E-state index is -0.697. The van der Waals surface area contributed by atoms with Crippen LogP contribution in [0.1, 0.15) is 6.92 Å². The van der Waals surface area contributed by atoms with Crippen molar-refractivity contribution in [2.24, 2.45) is 0 Å². The zero-order valence-corrected chi connectivity index (χ0v) is 12.7.